The Labute approximate surface area is 123 Å². The highest BCUT2D eigenvalue weighted by Gasteiger charge is 2.26. The number of hydrogen-bond donors (Lipinski definition) is 0. The maximum absolute atomic E-state index is 12.4. The summed E-state index contributed by atoms with van der Waals surface area (Å²) < 4.78 is 11.6. The molecule has 2 heterocycles. The zero-order valence-corrected chi connectivity index (χ0v) is 12.3. The number of nitrogens with zero attached hydrogens (tertiary/aromatic N) is 4. The minimum Gasteiger partial charge on any atom is -0.448 e. The lowest BCUT2D eigenvalue weighted by molar-refractivity contribution is -0.133. The van der Waals surface area contributed by atoms with Crippen molar-refractivity contribution >= 4 is 12.0 Å². The predicted octanol–water partition coefficient (Wildman–Crippen LogP) is -0.153. The highest BCUT2D eigenvalue weighted by atomic mass is 16.6. The molecule has 21 heavy (non-hydrogen) atoms. The molecule has 116 valence electrons. The van der Waals surface area contributed by atoms with Gasteiger partial charge in [-0.15, -0.1) is 0 Å². The van der Waals surface area contributed by atoms with Gasteiger partial charge in [0.25, 0.3) is 0 Å². The van der Waals surface area contributed by atoms with E-state index in [2.05, 4.69) is 5.10 Å². The lowest BCUT2D eigenvalue weighted by atomic mass is 10.3. The summed E-state index contributed by atoms with van der Waals surface area (Å²) in [7, 11) is 3.41. The molecule has 0 unspecified atom stereocenters. The van der Waals surface area contributed by atoms with Crippen molar-refractivity contribution in [1.29, 1.82) is 0 Å². The number of aromatic nitrogens is 2. The van der Waals surface area contributed by atoms with Gasteiger partial charge in [0.05, 0.1) is 19.3 Å². The molecule has 0 N–H and O–H groups in total. The van der Waals surface area contributed by atoms with E-state index in [1.54, 1.807) is 22.9 Å². The summed E-state index contributed by atoms with van der Waals surface area (Å²) in [5.41, 5.74) is 0.936. The van der Waals surface area contributed by atoms with Gasteiger partial charge in [-0.05, 0) is 0 Å². The first-order valence-corrected chi connectivity index (χ1v) is 6.76. The molecular weight excluding hydrogens is 276 g/mol. The van der Waals surface area contributed by atoms with Crippen LogP contribution in [0, 0.1) is 0 Å². The average Bonchev–Trinajstić information content (AvgIpc) is 3.04. The van der Waals surface area contributed by atoms with Gasteiger partial charge >= 0.3 is 6.09 Å². The van der Waals surface area contributed by atoms with Gasteiger partial charge in [0.1, 0.15) is 13.2 Å². The number of rotatable bonds is 7. The summed E-state index contributed by atoms with van der Waals surface area (Å²) in [6.45, 7) is 2.17. The Morgan fingerprint density at radius 2 is 2.38 bits per heavy atom. The van der Waals surface area contributed by atoms with Crippen molar-refractivity contribution in [2.24, 2.45) is 7.05 Å². The molecule has 1 fully saturated rings. The molecule has 1 aliphatic rings. The van der Waals surface area contributed by atoms with Gasteiger partial charge in [-0.1, -0.05) is 0 Å². The van der Waals surface area contributed by atoms with Crippen LogP contribution in [0.5, 0.6) is 0 Å². The number of carbonyl (C=O) groups excluding carboxylic acids is 2. The molecule has 1 aromatic rings. The van der Waals surface area contributed by atoms with Crippen LogP contribution in [0.15, 0.2) is 12.4 Å². The van der Waals surface area contributed by atoms with E-state index in [0.29, 0.717) is 32.8 Å². The molecule has 0 radical (unpaired) electrons. The Kier molecular flexibility index (Phi) is 5.15. The average molecular weight is 296 g/mol. The third-order valence-corrected chi connectivity index (χ3v) is 3.22. The van der Waals surface area contributed by atoms with Crippen molar-refractivity contribution in [1.82, 2.24) is 19.6 Å². The first-order valence-electron chi connectivity index (χ1n) is 6.76. The second kappa shape index (κ2) is 7.07. The molecule has 0 aliphatic carbocycles. The number of hydrogen-bond acceptors (Lipinski definition) is 5. The summed E-state index contributed by atoms with van der Waals surface area (Å²) in [5, 5.41) is 4.09. The molecule has 0 bridgehead atoms. The third kappa shape index (κ3) is 4.19. The second-order valence-corrected chi connectivity index (χ2v) is 4.87. The fraction of sp³-hybridized carbons (Fsp3) is 0.615. The van der Waals surface area contributed by atoms with Crippen molar-refractivity contribution in [3.8, 4) is 0 Å². The summed E-state index contributed by atoms with van der Waals surface area (Å²) in [6, 6.07) is 0. The lowest BCUT2D eigenvalue weighted by Gasteiger charge is -2.24. The molecule has 1 aliphatic heterocycles. The van der Waals surface area contributed by atoms with Crippen molar-refractivity contribution in [3.63, 3.8) is 0 Å². The molecular formula is C13H20N4O4. The van der Waals surface area contributed by atoms with Crippen LogP contribution < -0.4 is 0 Å². The number of amides is 2. The topological polar surface area (TPSA) is 76.9 Å². The molecule has 8 nitrogen and oxygen atoms in total. The van der Waals surface area contributed by atoms with Crippen molar-refractivity contribution in [3.05, 3.63) is 18.0 Å². The fourth-order valence-electron chi connectivity index (χ4n) is 2.10. The predicted molar refractivity (Wildman–Crippen MR) is 73.4 cm³/mol. The van der Waals surface area contributed by atoms with E-state index in [9.17, 15) is 9.59 Å². The zero-order valence-electron chi connectivity index (χ0n) is 12.3. The van der Waals surface area contributed by atoms with Gasteiger partial charge < -0.3 is 14.4 Å². The van der Waals surface area contributed by atoms with Gasteiger partial charge in [0.2, 0.25) is 5.91 Å². The standard InChI is InChI=1S/C13H20N4O4/c1-15-8-11(7-14-15)9-16(3-5-20-2)12(18)10-17-4-6-21-13(17)19/h7-8H,3-6,9-10H2,1-2H3. The van der Waals surface area contributed by atoms with E-state index in [-0.39, 0.29) is 12.5 Å². The lowest BCUT2D eigenvalue weighted by Crippen LogP contribution is -2.41. The first kappa shape index (κ1) is 15.3. The quantitative estimate of drug-likeness (QED) is 0.699. The number of cyclic esters (lactones) is 1. The van der Waals surface area contributed by atoms with Crippen LogP contribution in [0.1, 0.15) is 5.56 Å². The van der Waals surface area contributed by atoms with Crippen molar-refractivity contribution in [2.75, 3.05) is 40.0 Å². The fourth-order valence-corrected chi connectivity index (χ4v) is 2.10. The van der Waals surface area contributed by atoms with Gasteiger partial charge in [-0.2, -0.15) is 5.10 Å². The third-order valence-electron chi connectivity index (χ3n) is 3.22. The summed E-state index contributed by atoms with van der Waals surface area (Å²) in [5.74, 6) is -0.130. The van der Waals surface area contributed by atoms with Crippen LogP contribution in [-0.2, 0) is 27.9 Å². The van der Waals surface area contributed by atoms with Gasteiger partial charge in [-0.3, -0.25) is 14.4 Å². The highest BCUT2D eigenvalue weighted by molar-refractivity contribution is 5.82. The molecule has 2 amide bonds. The van der Waals surface area contributed by atoms with Gasteiger partial charge in [0.15, 0.2) is 0 Å². The van der Waals surface area contributed by atoms with Crippen LogP contribution >= 0.6 is 0 Å². The Morgan fingerprint density at radius 1 is 1.57 bits per heavy atom. The Hall–Kier alpha value is -2.09. The van der Waals surface area contributed by atoms with E-state index in [4.69, 9.17) is 9.47 Å². The van der Waals surface area contributed by atoms with Crippen LogP contribution in [0.3, 0.4) is 0 Å². The smallest absolute Gasteiger partial charge is 0.410 e. The molecule has 0 spiro atoms. The van der Waals surface area contributed by atoms with E-state index >= 15 is 0 Å². The normalized spacial score (nSPS) is 14.4. The summed E-state index contributed by atoms with van der Waals surface area (Å²) in [4.78, 5) is 26.8. The van der Waals surface area contributed by atoms with E-state index in [1.807, 2.05) is 13.2 Å². The van der Waals surface area contributed by atoms with Crippen LogP contribution in [0.2, 0.25) is 0 Å². The number of carbonyl (C=O) groups is 2. The number of methoxy groups -OCH3 is 1. The molecule has 8 heteroatoms. The molecule has 0 atom stereocenters. The Bertz CT molecular complexity index is 502. The number of ether oxygens (including phenoxy) is 2. The van der Waals surface area contributed by atoms with Crippen molar-refractivity contribution in [2.45, 2.75) is 6.54 Å². The van der Waals surface area contributed by atoms with Crippen LogP contribution in [0.4, 0.5) is 4.79 Å². The number of aryl methyl sites for hydroxylation is 1. The zero-order chi connectivity index (χ0) is 15.2. The monoisotopic (exact) mass is 296 g/mol. The largest absolute Gasteiger partial charge is 0.448 e. The van der Waals surface area contributed by atoms with E-state index in [1.165, 1.54) is 4.90 Å². The SMILES string of the molecule is COCCN(Cc1cnn(C)c1)C(=O)CN1CCOC1=O. The first-order chi connectivity index (χ1) is 10.1. The maximum Gasteiger partial charge on any atom is 0.410 e. The van der Waals surface area contributed by atoms with E-state index < -0.39 is 6.09 Å². The van der Waals surface area contributed by atoms with E-state index in [0.717, 1.165) is 5.56 Å². The summed E-state index contributed by atoms with van der Waals surface area (Å²) in [6.07, 6.45) is 3.14. The molecule has 1 saturated heterocycles. The van der Waals surface area contributed by atoms with Crippen molar-refractivity contribution < 1.29 is 19.1 Å². The molecule has 0 saturated carbocycles. The van der Waals surface area contributed by atoms with Crippen LogP contribution in [-0.4, -0.2) is 71.5 Å². The van der Waals surface area contributed by atoms with Gasteiger partial charge in [-0.25, -0.2) is 4.79 Å². The van der Waals surface area contributed by atoms with Gasteiger partial charge in [0, 0.05) is 39.0 Å². The minimum absolute atomic E-state index is 0.0306. The Balaban J connectivity index is 1.96. The highest BCUT2D eigenvalue weighted by Crippen LogP contribution is 2.07. The summed E-state index contributed by atoms with van der Waals surface area (Å²) >= 11 is 0. The molecule has 1 aromatic heterocycles. The maximum atomic E-state index is 12.4. The van der Waals surface area contributed by atoms with Crippen LogP contribution in [0.25, 0.3) is 0 Å². The Morgan fingerprint density at radius 3 is 2.95 bits per heavy atom. The second-order valence-electron chi connectivity index (χ2n) is 4.87. The minimum atomic E-state index is -0.434. The molecule has 2 rings (SSSR count). The molecule has 0 aromatic carbocycles.